The van der Waals surface area contributed by atoms with Crippen LogP contribution in [0.25, 0.3) is 0 Å². The zero-order valence-electron chi connectivity index (χ0n) is 19.2. The lowest BCUT2D eigenvalue weighted by Gasteiger charge is -2.08. The number of nitrogen functional groups attached to an aromatic ring is 1. The molecule has 1 aromatic heterocycles. The van der Waals surface area contributed by atoms with Crippen LogP contribution >= 0.6 is 0 Å². The van der Waals surface area contributed by atoms with E-state index in [1.54, 1.807) is 24.3 Å². The molecular weight excluding hydrogens is 456 g/mol. The molecule has 1 aromatic carbocycles. The number of aromatic nitrogens is 1. The number of Topliss-reactive ketones (excluding diaryl/α,β-unsaturated/α-hetero) is 2. The minimum Gasteiger partial charge on any atom is -0.383 e. The van der Waals surface area contributed by atoms with Crippen LogP contribution in [0, 0.1) is 11.8 Å². The van der Waals surface area contributed by atoms with Gasteiger partial charge in [-0.25, -0.2) is 9.19 Å². The molecular formula is C24H26N4O5S. The maximum absolute atomic E-state index is 13.2. The molecule has 0 saturated heterocycles. The number of carbonyl (C=O) groups excluding carboxylic acids is 4. The van der Waals surface area contributed by atoms with Gasteiger partial charge in [0.15, 0.2) is 0 Å². The highest BCUT2D eigenvalue weighted by molar-refractivity contribution is 7.93. The third kappa shape index (κ3) is 8.60. The smallest absolute Gasteiger partial charge is 0.286 e. The van der Waals surface area contributed by atoms with Gasteiger partial charge in [0.25, 0.3) is 5.91 Å². The number of nitrogens with one attached hydrogen (secondary N) is 1. The summed E-state index contributed by atoms with van der Waals surface area (Å²) in [5.74, 6) is 4.24. The van der Waals surface area contributed by atoms with Gasteiger partial charge in [-0.15, -0.1) is 0 Å². The van der Waals surface area contributed by atoms with Crippen LogP contribution in [0.15, 0.2) is 40.9 Å². The van der Waals surface area contributed by atoms with Gasteiger partial charge < -0.3 is 11.1 Å². The zero-order valence-corrected chi connectivity index (χ0v) is 20.0. The van der Waals surface area contributed by atoms with Gasteiger partial charge in [0.1, 0.15) is 17.4 Å². The largest absolute Gasteiger partial charge is 0.383 e. The normalized spacial score (nSPS) is 10.6. The van der Waals surface area contributed by atoms with Gasteiger partial charge in [-0.1, -0.05) is 17.9 Å². The van der Waals surface area contributed by atoms with E-state index in [1.807, 2.05) is 0 Å². The number of hydrogen-bond acceptors (Lipinski definition) is 7. The summed E-state index contributed by atoms with van der Waals surface area (Å²) in [5, 5.41) is 2.66. The maximum atomic E-state index is 13.2. The molecule has 2 aromatic rings. The quantitative estimate of drug-likeness (QED) is 0.549. The van der Waals surface area contributed by atoms with Crippen molar-refractivity contribution in [2.45, 2.75) is 33.6 Å². The summed E-state index contributed by atoms with van der Waals surface area (Å²) >= 11 is 0. The Hall–Kier alpha value is -3.84. The van der Waals surface area contributed by atoms with Gasteiger partial charge in [0, 0.05) is 48.7 Å². The lowest BCUT2D eigenvalue weighted by atomic mass is 10.1. The van der Waals surface area contributed by atoms with E-state index < -0.39 is 15.6 Å². The van der Waals surface area contributed by atoms with Crippen LogP contribution in [-0.4, -0.2) is 44.1 Å². The Labute approximate surface area is 198 Å². The molecule has 0 radical (unpaired) electrons. The fraction of sp³-hybridized carbons (Fsp3) is 0.292. The SMILES string of the molecule is CC(=O)CCS(=O)(CCC(C)=O)=NC(=O)c1cnc(N)c(C#Cc2cccc(NC(C)=O)c2)c1. The Morgan fingerprint density at radius 1 is 1.03 bits per heavy atom. The minimum absolute atomic E-state index is 0.0121. The van der Waals surface area contributed by atoms with E-state index in [9.17, 15) is 23.4 Å². The standard InChI is InChI=1S/C24H26N4O5S/c1-16(29)9-11-34(33,12-10-17(2)30)28-24(32)21-14-20(23(25)26-15-21)8-7-19-5-4-6-22(13-19)27-18(3)31/h4-6,13-15H,9-12H2,1-3H3,(H2,25,26)(H,27,31). The zero-order chi connectivity index (χ0) is 25.3. The summed E-state index contributed by atoms with van der Waals surface area (Å²) in [6.45, 7) is 4.11. The second-order valence-electron chi connectivity index (χ2n) is 7.65. The number of carbonyl (C=O) groups is 4. The summed E-state index contributed by atoms with van der Waals surface area (Å²) in [6, 6.07) is 8.27. The van der Waals surface area contributed by atoms with Crippen LogP contribution in [0.2, 0.25) is 0 Å². The first kappa shape index (κ1) is 26.4. The number of amides is 2. The Morgan fingerprint density at radius 3 is 2.26 bits per heavy atom. The lowest BCUT2D eigenvalue weighted by molar-refractivity contribution is -0.117. The first-order chi connectivity index (χ1) is 16.0. The van der Waals surface area contributed by atoms with Crippen LogP contribution < -0.4 is 11.1 Å². The third-order valence-corrected chi connectivity index (χ3v) is 6.67. The van der Waals surface area contributed by atoms with Crippen molar-refractivity contribution in [1.82, 2.24) is 4.98 Å². The average molecular weight is 483 g/mol. The molecule has 0 unspecified atom stereocenters. The number of benzene rings is 1. The lowest BCUT2D eigenvalue weighted by Crippen LogP contribution is -2.17. The summed E-state index contributed by atoms with van der Waals surface area (Å²) in [5.41, 5.74) is 7.38. The maximum Gasteiger partial charge on any atom is 0.286 e. The molecule has 0 spiro atoms. The molecule has 0 fully saturated rings. The molecule has 1 heterocycles. The Morgan fingerprint density at radius 2 is 1.68 bits per heavy atom. The van der Waals surface area contributed by atoms with Gasteiger partial charge in [-0.05, 0) is 38.1 Å². The van der Waals surface area contributed by atoms with E-state index in [0.717, 1.165) is 0 Å². The van der Waals surface area contributed by atoms with Crippen molar-refractivity contribution in [1.29, 1.82) is 0 Å². The first-order valence-electron chi connectivity index (χ1n) is 10.4. The molecule has 0 aliphatic rings. The van der Waals surface area contributed by atoms with E-state index in [1.165, 1.54) is 33.0 Å². The number of nitrogens with two attached hydrogens (primary N) is 1. The van der Waals surface area contributed by atoms with Crippen LogP contribution in [0.4, 0.5) is 11.5 Å². The molecule has 9 nitrogen and oxygen atoms in total. The van der Waals surface area contributed by atoms with Crippen molar-refractivity contribution in [2.75, 3.05) is 22.6 Å². The predicted molar refractivity (Wildman–Crippen MR) is 131 cm³/mol. The van der Waals surface area contributed by atoms with Crippen molar-refractivity contribution in [3.63, 3.8) is 0 Å². The molecule has 0 aliphatic carbocycles. The minimum atomic E-state index is -3.12. The highest BCUT2D eigenvalue weighted by Gasteiger charge is 2.17. The number of pyridine rings is 1. The van der Waals surface area contributed by atoms with E-state index >= 15 is 0 Å². The van der Waals surface area contributed by atoms with E-state index in [0.29, 0.717) is 11.3 Å². The van der Waals surface area contributed by atoms with Crippen LogP contribution in [0.5, 0.6) is 0 Å². The summed E-state index contributed by atoms with van der Waals surface area (Å²) in [4.78, 5) is 50.7. The molecule has 0 saturated carbocycles. The van der Waals surface area contributed by atoms with Crippen molar-refractivity contribution in [3.05, 3.63) is 53.2 Å². The molecule has 0 aliphatic heterocycles. The van der Waals surface area contributed by atoms with Gasteiger partial charge in [-0.3, -0.25) is 19.2 Å². The molecule has 2 rings (SSSR count). The summed E-state index contributed by atoms with van der Waals surface area (Å²) in [6.07, 6.45) is 1.18. The van der Waals surface area contributed by atoms with E-state index in [-0.39, 0.29) is 58.8 Å². The third-order valence-electron chi connectivity index (χ3n) is 4.49. The van der Waals surface area contributed by atoms with Gasteiger partial charge >= 0.3 is 0 Å². The summed E-state index contributed by atoms with van der Waals surface area (Å²) in [7, 11) is -3.12. The van der Waals surface area contributed by atoms with Crippen molar-refractivity contribution >= 4 is 44.6 Å². The molecule has 0 atom stereocenters. The van der Waals surface area contributed by atoms with Gasteiger partial charge in [-0.2, -0.15) is 4.36 Å². The number of hydrogen-bond donors (Lipinski definition) is 2. The molecule has 178 valence electrons. The topological polar surface area (TPSA) is 149 Å². The second-order valence-corrected chi connectivity index (χ2v) is 10.2. The van der Waals surface area contributed by atoms with Crippen LogP contribution in [0.1, 0.15) is 55.1 Å². The van der Waals surface area contributed by atoms with Gasteiger partial charge in [0.05, 0.1) is 20.9 Å². The fourth-order valence-electron chi connectivity index (χ4n) is 2.71. The molecule has 3 N–H and O–H groups in total. The first-order valence-corrected chi connectivity index (χ1v) is 12.2. The Bertz CT molecular complexity index is 1290. The molecule has 2 amide bonds. The monoisotopic (exact) mass is 482 g/mol. The van der Waals surface area contributed by atoms with Crippen LogP contribution in [-0.2, 0) is 24.1 Å². The second kappa shape index (κ2) is 11.9. The number of rotatable bonds is 8. The van der Waals surface area contributed by atoms with E-state index in [4.69, 9.17) is 5.73 Å². The Balaban J connectivity index is 2.36. The molecule has 10 heteroatoms. The number of nitrogens with zero attached hydrogens (tertiary/aromatic N) is 2. The highest BCUT2D eigenvalue weighted by atomic mass is 32.2. The number of ketones is 2. The molecule has 0 bridgehead atoms. The van der Waals surface area contributed by atoms with E-state index in [2.05, 4.69) is 26.5 Å². The highest BCUT2D eigenvalue weighted by Crippen LogP contribution is 2.14. The summed E-state index contributed by atoms with van der Waals surface area (Å²) < 4.78 is 17.0. The predicted octanol–water partition coefficient (Wildman–Crippen LogP) is 2.59. The van der Waals surface area contributed by atoms with Crippen molar-refractivity contribution < 1.29 is 23.4 Å². The molecule has 34 heavy (non-hydrogen) atoms. The van der Waals surface area contributed by atoms with Crippen molar-refractivity contribution in [3.8, 4) is 11.8 Å². The number of anilines is 2. The van der Waals surface area contributed by atoms with Gasteiger partial charge in [0.2, 0.25) is 5.91 Å². The van der Waals surface area contributed by atoms with Crippen LogP contribution in [0.3, 0.4) is 0 Å². The fourth-order valence-corrected chi connectivity index (χ4v) is 4.72. The average Bonchev–Trinajstić information content (AvgIpc) is 2.75. The van der Waals surface area contributed by atoms with Crippen molar-refractivity contribution in [2.24, 2.45) is 4.36 Å². The Kier molecular flexibility index (Phi) is 9.21.